The molecule has 0 bridgehead atoms. The summed E-state index contributed by atoms with van der Waals surface area (Å²) in [6, 6.07) is 25.4. The average Bonchev–Trinajstić information content (AvgIpc) is 3.56. The molecule has 47 heavy (non-hydrogen) atoms. The van der Waals surface area contributed by atoms with Crippen molar-refractivity contribution in [2.45, 2.75) is 44.4 Å². The second-order valence-electron chi connectivity index (χ2n) is 12.3. The van der Waals surface area contributed by atoms with Gasteiger partial charge in [-0.05, 0) is 54.2 Å². The van der Waals surface area contributed by atoms with Crippen LogP contribution in [0.3, 0.4) is 0 Å². The maximum absolute atomic E-state index is 13.8. The van der Waals surface area contributed by atoms with Gasteiger partial charge in [0.2, 0.25) is 5.91 Å². The lowest BCUT2D eigenvalue weighted by molar-refractivity contribution is -0.132. The number of nitrogens with zero attached hydrogens (tertiary/aromatic N) is 1. The lowest BCUT2D eigenvalue weighted by Gasteiger charge is -2.29. The van der Waals surface area contributed by atoms with Gasteiger partial charge in [-0.1, -0.05) is 54.6 Å². The second-order valence-corrected chi connectivity index (χ2v) is 12.3. The number of fused-ring (bicyclic) bond motifs is 2. The van der Waals surface area contributed by atoms with Crippen LogP contribution in [-0.2, 0) is 17.6 Å². The first-order valence-corrected chi connectivity index (χ1v) is 16.3. The number of hydrogen-bond donors (Lipinski definition) is 2. The van der Waals surface area contributed by atoms with Crippen LogP contribution >= 0.6 is 0 Å². The molecule has 8 heteroatoms. The Kier molecular flexibility index (Phi) is 8.57. The Morgan fingerprint density at radius 2 is 1.72 bits per heavy atom. The van der Waals surface area contributed by atoms with Gasteiger partial charge in [-0.3, -0.25) is 9.59 Å². The number of carbonyl (C=O) groups is 1. The molecule has 1 atom stereocenters. The maximum atomic E-state index is 13.8. The van der Waals surface area contributed by atoms with E-state index in [2.05, 4.69) is 12.1 Å². The van der Waals surface area contributed by atoms with Gasteiger partial charge in [0.05, 0.1) is 13.2 Å². The van der Waals surface area contributed by atoms with Gasteiger partial charge >= 0.3 is 0 Å². The van der Waals surface area contributed by atoms with E-state index in [0.29, 0.717) is 49.8 Å². The highest BCUT2D eigenvalue weighted by Gasteiger charge is 2.30. The van der Waals surface area contributed by atoms with Crippen molar-refractivity contribution in [3.05, 3.63) is 117 Å². The maximum Gasteiger partial charge on any atom is 0.223 e. The number of phenols is 2. The molecule has 3 heterocycles. The largest absolute Gasteiger partial charge is 0.507 e. The summed E-state index contributed by atoms with van der Waals surface area (Å²) in [6.07, 6.45) is 4.63. The van der Waals surface area contributed by atoms with Gasteiger partial charge in [0, 0.05) is 61.5 Å². The smallest absolute Gasteiger partial charge is 0.223 e. The quantitative estimate of drug-likeness (QED) is 0.181. The molecule has 1 saturated heterocycles. The Balaban J connectivity index is 1.26. The number of amides is 1. The summed E-state index contributed by atoms with van der Waals surface area (Å²) in [7, 11) is 0. The van der Waals surface area contributed by atoms with E-state index in [0.717, 1.165) is 43.1 Å². The fraction of sp³-hybridized carbons (Fsp3) is 0.282. The summed E-state index contributed by atoms with van der Waals surface area (Å²) in [4.78, 5) is 29.1. The van der Waals surface area contributed by atoms with Crippen molar-refractivity contribution in [3.8, 4) is 34.3 Å². The summed E-state index contributed by atoms with van der Waals surface area (Å²) in [5.74, 6) is 0.481. The molecule has 0 saturated carbocycles. The minimum absolute atomic E-state index is 0.0351. The molecule has 2 aliphatic heterocycles. The highest BCUT2D eigenvalue weighted by molar-refractivity contribution is 5.91. The van der Waals surface area contributed by atoms with Gasteiger partial charge in [0.1, 0.15) is 39.7 Å². The van der Waals surface area contributed by atoms with E-state index in [9.17, 15) is 19.8 Å². The van der Waals surface area contributed by atoms with Gasteiger partial charge in [0.15, 0.2) is 5.43 Å². The van der Waals surface area contributed by atoms with E-state index in [1.165, 1.54) is 17.2 Å². The first-order chi connectivity index (χ1) is 22.9. The molecule has 4 aromatic carbocycles. The van der Waals surface area contributed by atoms with Crippen molar-refractivity contribution in [2.24, 2.45) is 0 Å². The van der Waals surface area contributed by atoms with Crippen LogP contribution in [0.1, 0.15) is 53.9 Å². The van der Waals surface area contributed by atoms with Crippen LogP contribution in [0, 0.1) is 0 Å². The summed E-state index contributed by atoms with van der Waals surface area (Å²) in [5.41, 5.74) is 3.66. The zero-order valence-electron chi connectivity index (χ0n) is 26.1. The molecule has 1 aromatic heterocycles. The molecule has 7 rings (SSSR count). The molecule has 2 aliphatic rings. The minimum atomic E-state index is -0.693. The van der Waals surface area contributed by atoms with Crippen molar-refractivity contribution >= 4 is 16.9 Å². The van der Waals surface area contributed by atoms with E-state index in [1.54, 1.807) is 0 Å². The standard InChI is InChI=1S/C39H37NO7/c41-31-23-32(42)38-33(43)24-35(26-8-3-1-4-9-26)47-39(38)37(31)30(22-36(44)40-16-5-2-6-17-40)27-10-7-11-29(21-27)45-18-14-25-12-13-34-28(20-25)15-19-46-34/h1,3-4,7-13,20-21,23-24,30,41-42H,2,5-6,14-19,22H2/t30-/m1/s1. The van der Waals surface area contributed by atoms with Gasteiger partial charge in [0.25, 0.3) is 0 Å². The molecule has 240 valence electrons. The summed E-state index contributed by atoms with van der Waals surface area (Å²) in [6.45, 7) is 2.52. The highest BCUT2D eigenvalue weighted by atomic mass is 16.5. The molecule has 2 N–H and O–H groups in total. The van der Waals surface area contributed by atoms with Crippen LogP contribution in [0.4, 0.5) is 0 Å². The lowest BCUT2D eigenvalue weighted by atomic mass is 9.85. The van der Waals surface area contributed by atoms with Crippen molar-refractivity contribution in [2.75, 3.05) is 26.3 Å². The third kappa shape index (κ3) is 6.41. The molecular weight excluding hydrogens is 594 g/mol. The lowest BCUT2D eigenvalue weighted by Crippen LogP contribution is -2.36. The second kappa shape index (κ2) is 13.2. The Bertz CT molecular complexity index is 1980. The zero-order valence-corrected chi connectivity index (χ0v) is 26.1. The fourth-order valence-corrected chi connectivity index (χ4v) is 6.74. The highest BCUT2D eigenvalue weighted by Crippen LogP contribution is 2.43. The molecule has 5 aromatic rings. The third-order valence-electron chi connectivity index (χ3n) is 9.17. The molecule has 0 radical (unpaired) electrons. The molecule has 1 fully saturated rings. The van der Waals surface area contributed by atoms with Gasteiger partial charge in [-0.25, -0.2) is 0 Å². The summed E-state index contributed by atoms with van der Waals surface area (Å²) >= 11 is 0. The third-order valence-corrected chi connectivity index (χ3v) is 9.17. The normalized spacial score (nSPS) is 14.9. The first-order valence-electron chi connectivity index (χ1n) is 16.3. The number of likely N-dealkylation sites (tertiary alicyclic amines) is 1. The number of benzene rings is 4. The van der Waals surface area contributed by atoms with Crippen LogP contribution in [0.2, 0.25) is 0 Å². The SMILES string of the molecule is O=C(C[C@H](c1cccc(OCCc2ccc3c(c2)CCO3)c1)c1c(O)cc(O)c2c(=O)cc(-c3ccccc3)oc12)N1CCCCC1. The molecule has 0 unspecified atom stereocenters. The van der Waals surface area contributed by atoms with E-state index in [1.807, 2.05) is 65.6 Å². The van der Waals surface area contributed by atoms with E-state index in [4.69, 9.17) is 13.9 Å². The van der Waals surface area contributed by atoms with Crippen molar-refractivity contribution < 1.29 is 28.9 Å². The monoisotopic (exact) mass is 631 g/mol. The van der Waals surface area contributed by atoms with E-state index < -0.39 is 11.3 Å². The molecule has 1 amide bonds. The van der Waals surface area contributed by atoms with Crippen LogP contribution < -0.4 is 14.9 Å². The van der Waals surface area contributed by atoms with Gasteiger partial charge < -0.3 is 29.0 Å². The first kappa shape index (κ1) is 30.4. The fourth-order valence-electron chi connectivity index (χ4n) is 6.74. The van der Waals surface area contributed by atoms with Crippen LogP contribution in [0.5, 0.6) is 23.0 Å². The number of hydrogen-bond acceptors (Lipinski definition) is 7. The van der Waals surface area contributed by atoms with E-state index in [-0.39, 0.29) is 40.4 Å². The Hall–Kier alpha value is -5.24. The molecule has 0 aliphatic carbocycles. The van der Waals surface area contributed by atoms with Crippen molar-refractivity contribution in [3.63, 3.8) is 0 Å². The van der Waals surface area contributed by atoms with Crippen LogP contribution in [0.15, 0.2) is 94.1 Å². The Morgan fingerprint density at radius 1 is 0.894 bits per heavy atom. The van der Waals surface area contributed by atoms with Crippen molar-refractivity contribution in [1.29, 1.82) is 0 Å². The van der Waals surface area contributed by atoms with Crippen LogP contribution in [-0.4, -0.2) is 47.3 Å². The zero-order chi connectivity index (χ0) is 32.3. The Morgan fingerprint density at radius 3 is 2.55 bits per heavy atom. The number of ether oxygens (including phenoxy) is 2. The average molecular weight is 632 g/mol. The number of piperidine rings is 1. The predicted molar refractivity (Wildman–Crippen MR) is 179 cm³/mol. The molecule has 8 nitrogen and oxygen atoms in total. The molecule has 0 spiro atoms. The van der Waals surface area contributed by atoms with Gasteiger partial charge in [-0.15, -0.1) is 0 Å². The number of aromatic hydroxyl groups is 2. The number of carbonyl (C=O) groups excluding carboxylic acids is 1. The van der Waals surface area contributed by atoms with Crippen LogP contribution in [0.25, 0.3) is 22.3 Å². The van der Waals surface area contributed by atoms with E-state index >= 15 is 0 Å². The molecular formula is C39H37NO7. The van der Waals surface area contributed by atoms with Crippen molar-refractivity contribution in [1.82, 2.24) is 4.90 Å². The number of phenolic OH excluding ortho intramolecular Hbond substituents is 2. The summed E-state index contributed by atoms with van der Waals surface area (Å²) < 4.78 is 18.2. The minimum Gasteiger partial charge on any atom is -0.507 e. The Labute approximate surface area is 272 Å². The topological polar surface area (TPSA) is 109 Å². The summed E-state index contributed by atoms with van der Waals surface area (Å²) in [5, 5.41) is 22.2. The predicted octanol–water partition coefficient (Wildman–Crippen LogP) is 6.96. The number of rotatable bonds is 9. The van der Waals surface area contributed by atoms with Gasteiger partial charge in [-0.2, -0.15) is 0 Å².